The predicted molar refractivity (Wildman–Crippen MR) is 108 cm³/mol. The summed E-state index contributed by atoms with van der Waals surface area (Å²) < 4.78 is 10.7. The Kier molecular flexibility index (Phi) is 4.98. The first-order valence-corrected chi connectivity index (χ1v) is 9.34. The van der Waals surface area contributed by atoms with E-state index >= 15 is 0 Å². The molecule has 2 aromatic carbocycles. The van der Waals surface area contributed by atoms with Crippen LogP contribution in [0.4, 0.5) is 10.5 Å². The summed E-state index contributed by atoms with van der Waals surface area (Å²) in [6.07, 6.45) is 1.45. The standard InChI is InChI=1S/C21H18ClN3O4/c1-13-20(26)24(21(27)25(13)17-7-5-15(22)6-8-17)11-16-12-29-19(23-16)14-3-9-18(28-2)10-4-14/h3-10,12-13H,11H2,1-2H3. The number of urea groups is 1. The van der Waals surface area contributed by atoms with Crippen LogP contribution in [0.5, 0.6) is 5.75 Å². The van der Waals surface area contributed by atoms with Gasteiger partial charge in [-0.3, -0.25) is 14.6 Å². The van der Waals surface area contributed by atoms with Gasteiger partial charge in [-0.2, -0.15) is 0 Å². The molecule has 3 aromatic rings. The molecule has 0 spiro atoms. The molecule has 1 fully saturated rings. The predicted octanol–water partition coefficient (Wildman–Crippen LogP) is 4.36. The fraction of sp³-hybridized carbons (Fsp3) is 0.190. The van der Waals surface area contributed by atoms with Gasteiger partial charge in [-0.05, 0) is 55.5 Å². The second-order valence-electron chi connectivity index (χ2n) is 6.60. The van der Waals surface area contributed by atoms with Gasteiger partial charge in [-0.1, -0.05) is 11.6 Å². The highest BCUT2D eigenvalue weighted by molar-refractivity contribution is 6.30. The van der Waals surface area contributed by atoms with E-state index in [1.165, 1.54) is 16.1 Å². The van der Waals surface area contributed by atoms with E-state index in [1.54, 1.807) is 50.4 Å². The molecule has 1 aliphatic rings. The molecule has 1 aliphatic heterocycles. The van der Waals surface area contributed by atoms with Crippen LogP contribution in [-0.2, 0) is 11.3 Å². The van der Waals surface area contributed by atoms with Crippen molar-refractivity contribution in [3.8, 4) is 17.2 Å². The molecular formula is C21H18ClN3O4. The Hall–Kier alpha value is -3.32. The van der Waals surface area contributed by atoms with E-state index in [1.807, 2.05) is 12.1 Å². The highest BCUT2D eigenvalue weighted by Crippen LogP contribution is 2.29. The van der Waals surface area contributed by atoms with Gasteiger partial charge in [0.05, 0.1) is 19.3 Å². The molecule has 0 radical (unpaired) electrons. The molecule has 148 valence electrons. The molecule has 4 rings (SSSR count). The van der Waals surface area contributed by atoms with E-state index in [4.69, 9.17) is 20.8 Å². The summed E-state index contributed by atoms with van der Waals surface area (Å²) in [4.78, 5) is 32.6. The van der Waals surface area contributed by atoms with E-state index in [2.05, 4.69) is 4.98 Å². The summed E-state index contributed by atoms with van der Waals surface area (Å²) in [5.74, 6) is 0.841. The second-order valence-corrected chi connectivity index (χ2v) is 7.04. The number of carbonyl (C=O) groups excluding carboxylic acids is 2. The summed E-state index contributed by atoms with van der Waals surface area (Å²) in [6.45, 7) is 1.73. The largest absolute Gasteiger partial charge is 0.497 e. The average molecular weight is 412 g/mol. The summed E-state index contributed by atoms with van der Waals surface area (Å²) in [5, 5.41) is 0.560. The molecule has 1 unspecified atom stereocenters. The number of hydrogen-bond donors (Lipinski definition) is 0. The molecule has 29 heavy (non-hydrogen) atoms. The van der Waals surface area contributed by atoms with Crippen molar-refractivity contribution in [3.63, 3.8) is 0 Å². The van der Waals surface area contributed by atoms with Gasteiger partial charge in [0.1, 0.15) is 18.1 Å². The Bertz CT molecular complexity index is 1050. The first kappa shape index (κ1) is 19.0. The SMILES string of the molecule is COc1ccc(-c2nc(CN3C(=O)C(C)N(c4ccc(Cl)cc4)C3=O)co2)cc1. The molecule has 8 heteroatoms. The lowest BCUT2D eigenvalue weighted by atomic mass is 10.2. The summed E-state index contributed by atoms with van der Waals surface area (Å²) >= 11 is 5.92. The van der Waals surface area contributed by atoms with Crippen LogP contribution in [0.15, 0.2) is 59.2 Å². The molecule has 0 N–H and O–H groups in total. The second kappa shape index (κ2) is 7.60. The Balaban J connectivity index is 1.53. The lowest BCUT2D eigenvalue weighted by Gasteiger charge is -2.19. The quantitative estimate of drug-likeness (QED) is 0.583. The van der Waals surface area contributed by atoms with Gasteiger partial charge in [-0.25, -0.2) is 9.78 Å². The van der Waals surface area contributed by atoms with Crippen LogP contribution in [0, 0.1) is 0 Å². The van der Waals surface area contributed by atoms with E-state index < -0.39 is 12.1 Å². The Morgan fingerprint density at radius 1 is 1.10 bits per heavy atom. The maximum Gasteiger partial charge on any atom is 0.332 e. The number of hydrogen-bond acceptors (Lipinski definition) is 5. The third-order valence-electron chi connectivity index (χ3n) is 4.76. The lowest BCUT2D eigenvalue weighted by Crippen LogP contribution is -2.33. The molecule has 1 saturated heterocycles. The number of carbonyl (C=O) groups is 2. The van der Waals surface area contributed by atoms with Crippen molar-refractivity contribution in [1.29, 1.82) is 0 Å². The van der Waals surface area contributed by atoms with E-state index in [-0.39, 0.29) is 12.5 Å². The molecule has 0 bridgehead atoms. The maximum atomic E-state index is 12.9. The Morgan fingerprint density at radius 2 is 1.79 bits per heavy atom. The van der Waals surface area contributed by atoms with Crippen LogP contribution in [0.3, 0.4) is 0 Å². The smallest absolute Gasteiger partial charge is 0.332 e. The minimum absolute atomic E-state index is 0.0335. The molecule has 1 atom stereocenters. The minimum Gasteiger partial charge on any atom is -0.497 e. The zero-order valence-electron chi connectivity index (χ0n) is 15.8. The zero-order valence-corrected chi connectivity index (χ0v) is 16.6. The number of benzene rings is 2. The number of ether oxygens (including phenoxy) is 1. The van der Waals surface area contributed by atoms with Crippen molar-refractivity contribution < 1.29 is 18.7 Å². The molecule has 2 heterocycles. The van der Waals surface area contributed by atoms with Gasteiger partial charge >= 0.3 is 6.03 Å². The number of imide groups is 1. The topological polar surface area (TPSA) is 75.9 Å². The van der Waals surface area contributed by atoms with Crippen molar-refractivity contribution >= 4 is 29.2 Å². The van der Waals surface area contributed by atoms with Crippen LogP contribution in [0.2, 0.25) is 5.02 Å². The van der Waals surface area contributed by atoms with Crippen molar-refractivity contribution in [2.75, 3.05) is 12.0 Å². The maximum absolute atomic E-state index is 12.9. The Morgan fingerprint density at radius 3 is 2.45 bits per heavy atom. The van der Waals surface area contributed by atoms with E-state index in [0.717, 1.165) is 11.3 Å². The number of methoxy groups -OCH3 is 1. The van der Waals surface area contributed by atoms with Crippen molar-refractivity contribution in [2.45, 2.75) is 19.5 Å². The highest BCUT2D eigenvalue weighted by Gasteiger charge is 2.43. The van der Waals surface area contributed by atoms with Gasteiger partial charge < -0.3 is 9.15 Å². The summed E-state index contributed by atoms with van der Waals surface area (Å²) in [5.41, 5.74) is 1.87. The number of rotatable bonds is 5. The summed E-state index contributed by atoms with van der Waals surface area (Å²) in [7, 11) is 1.59. The van der Waals surface area contributed by atoms with Crippen LogP contribution in [-0.4, -0.2) is 35.0 Å². The lowest BCUT2D eigenvalue weighted by molar-refractivity contribution is -0.127. The monoisotopic (exact) mass is 411 g/mol. The normalized spacial score (nSPS) is 16.6. The van der Waals surface area contributed by atoms with E-state index in [0.29, 0.717) is 22.3 Å². The first-order chi connectivity index (χ1) is 14.0. The first-order valence-electron chi connectivity index (χ1n) is 8.97. The van der Waals surface area contributed by atoms with Gasteiger partial charge in [0.2, 0.25) is 5.89 Å². The molecule has 0 aliphatic carbocycles. The Labute approximate surface area is 172 Å². The third kappa shape index (κ3) is 3.56. The molecule has 0 saturated carbocycles. The zero-order chi connectivity index (χ0) is 20.5. The number of nitrogens with zero attached hydrogens (tertiary/aromatic N) is 3. The number of halogens is 1. The number of aromatic nitrogens is 1. The fourth-order valence-electron chi connectivity index (χ4n) is 3.22. The average Bonchev–Trinajstić information content (AvgIpc) is 3.28. The fourth-order valence-corrected chi connectivity index (χ4v) is 3.34. The minimum atomic E-state index is -0.614. The number of anilines is 1. The van der Waals surface area contributed by atoms with Crippen molar-refractivity contribution in [1.82, 2.24) is 9.88 Å². The summed E-state index contributed by atoms with van der Waals surface area (Å²) in [6, 6.07) is 13.0. The molecule has 1 aromatic heterocycles. The van der Waals surface area contributed by atoms with Gasteiger partial charge in [-0.15, -0.1) is 0 Å². The van der Waals surface area contributed by atoms with Crippen molar-refractivity contribution in [3.05, 3.63) is 65.5 Å². The highest BCUT2D eigenvalue weighted by atomic mass is 35.5. The number of amides is 3. The molecular weight excluding hydrogens is 394 g/mol. The van der Waals surface area contributed by atoms with E-state index in [9.17, 15) is 9.59 Å². The van der Waals surface area contributed by atoms with Crippen LogP contribution in [0.1, 0.15) is 12.6 Å². The van der Waals surface area contributed by atoms with Gasteiger partial charge in [0.25, 0.3) is 5.91 Å². The third-order valence-corrected chi connectivity index (χ3v) is 5.01. The van der Waals surface area contributed by atoms with Crippen molar-refractivity contribution in [2.24, 2.45) is 0 Å². The number of oxazole rings is 1. The van der Waals surface area contributed by atoms with Crippen LogP contribution >= 0.6 is 11.6 Å². The van der Waals surface area contributed by atoms with Crippen LogP contribution in [0.25, 0.3) is 11.5 Å². The molecule has 3 amide bonds. The van der Waals surface area contributed by atoms with Crippen LogP contribution < -0.4 is 9.64 Å². The van der Waals surface area contributed by atoms with Gasteiger partial charge in [0, 0.05) is 16.3 Å². The molecule has 7 nitrogen and oxygen atoms in total. The van der Waals surface area contributed by atoms with Gasteiger partial charge in [0.15, 0.2) is 0 Å².